The van der Waals surface area contributed by atoms with Gasteiger partial charge in [-0.05, 0) is 24.5 Å². The normalized spacial score (nSPS) is 19.8. The minimum absolute atomic E-state index is 0.0325. The van der Waals surface area contributed by atoms with Crippen molar-refractivity contribution in [2.75, 3.05) is 0 Å². The Kier molecular flexibility index (Phi) is 4.71. The van der Waals surface area contributed by atoms with Crippen LogP contribution < -0.4 is 5.73 Å². The predicted molar refractivity (Wildman–Crippen MR) is 121 cm³/mol. The van der Waals surface area contributed by atoms with E-state index in [1.165, 1.54) is 0 Å². The number of aryl methyl sites for hydroxylation is 1. The van der Waals surface area contributed by atoms with Crippen molar-refractivity contribution < 1.29 is 9.53 Å². The molecule has 8 heteroatoms. The number of rotatable bonds is 3. The van der Waals surface area contributed by atoms with Crippen molar-refractivity contribution in [2.45, 2.75) is 39.5 Å². The minimum Gasteiger partial charge on any atom is -0.444 e. The van der Waals surface area contributed by atoms with Gasteiger partial charge in [-0.15, -0.1) is 0 Å². The van der Waals surface area contributed by atoms with Crippen LogP contribution in [-0.2, 0) is 9.53 Å². The van der Waals surface area contributed by atoms with Crippen LogP contribution in [0.1, 0.15) is 43.9 Å². The second kappa shape index (κ2) is 7.48. The first-order valence-electron chi connectivity index (χ1n) is 10.8. The van der Waals surface area contributed by atoms with Crippen LogP contribution in [-0.4, -0.2) is 25.1 Å². The zero-order valence-electron chi connectivity index (χ0n) is 18.7. The molecule has 3 heterocycles. The van der Waals surface area contributed by atoms with Crippen LogP contribution in [0.2, 0.25) is 0 Å². The quantitative estimate of drug-likeness (QED) is 0.663. The molecule has 2 aromatic heterocycles. The Balaban J connectivity index is 1.82. The number of allylic oxidation sites excluding steroid dienone is 3. The van der Waals surface area contributed by atoms with Crippen molar-refractivity contribution in [3.05, 3.63) is 83.1 Å². The number of ketones is 1. The molecule has 166 valence electrons. The number of nitrogens with two attached hydrogens (primary N) is 1. The SMILES string of the molecule is Cc1nn(-c2ccccc2)c(-n2ccnc2)c1C1C(C#N)=C(N)OC2=C1C(=O)CC(C)(C)C2. The highest BCUT2D eigenvalue weighted by atomic mass is 16.5. The minimum atomic E-state index is -0.669. The van der Waals surface area contributed by atoms with Crippen LogP contribution in [0.5, 0.6) is 0 Å². The number of carbonyl (C=O) groups excluding carboxylic acids is 1. The molecule has 0 spiro atoms. The van der Waals surface area contributed by atoms with Gasteiger partial charge in [-0.25, -0.2) is 9.67 Å². The van der Waals surface area contributed by atoms with Crippen LogP contribution in [0, 0.1) is 23.7 Å². The maximum absolute atomic E-state index is 13.4. The summed E-state index contributed by atoms with van der Waals surface area (Å²) >= 11 is 0. The Hall–Kier alpha value is -4.12. The third-order valence-corrected chi connectivity index (χ3v) is 6.20. The highest BCUT2D eigenvalue weighted by Crippen LogP contribution is 2.49. The molecule has 0 saturated carbocycles. The molecule has 1 unspecified atom stereocenters. The molecule has 0 radical (unpaired) electrons. The van der Waals surface area contributed by atoms with Gasteiger partial charge in [-0.2, -0.15) is 10.4 Å². The van der Waals surface area contributed by atoms with Gasteiger partial charge >= 0.3 is 0 Å². The molecular formula is C25H24N6O2. The van der Waals surface area contributed by atoms with Gasteiger partial charge in [0.25, 0.3) is 0 Å². The van der Waals surface area contributed by atoms with Gasteiger partial charge in [0.15, 0.2) is 5.78 Å². The second-order valence-corrected chi connectivity index (χ2v) is 9.24. The summed E-state index contributed by atoms with van der Waals surface area (Å²) in [5.74, 6) is 0.580. The summed E-state index contributed by atoms with van der Waals surface area (Å²) in [5.41, 5.74) is 8.99. The topological polar surface area (TPSA) is 112 Å². The summed E-state index contributed by atoms with van der Waals surface area (Å²) in [6.07, 6.45) is 6.12. The number of carbonyl (C=O) groups is 1. The molecule has 1 aromatic carbocycles. The standard InChI is InChI=1S/C25H24N6O2/c1-15-20(24(30-10-9-28-14-30)31(29-15)16-7-5-4-6-8-16)21-17(13-26)23(27)33-19-12-25(2,3)11-18(32)22(19)21/h4-10,14,21H,11-12,27H2,1-3H3. The van der Waals surface area contributed by atoms with Gasteiger partial charge < -0.3 is 10.5 Å². The van der Waals surface area contributed by atoms with Crippen LogP contribution >= 0.6 is 0 Å². The number of hydrogen-bond donors (Lipinski definition) is 1. The van der Waals surface area contributed by atoms with E-state index in [0.29, 0.717) is 35.7 Å². The lowest BCUT2D eigenvalue weighted by molar-refractivity contribution is -0.119. The summed E-state index contributed by atoms with van der Waals surface area (Å²) < 4.78 is 9.52. The zero-order chi connectivity index (χ0) is 23.3. The van der Waals surface area contributed by atoms with E-state index in [-0.39, 0.29) is 22.7 Å². The van der Waals surface area contributed by atoms with Crippen molar-refractivity contribution in [1.82, 2.24) is 19.3 Å². The van der Waals surface area contributed by atoms with Crippen molar-refractivity contribution in [3.63, 3.8) is 0 Å². The third-order valence-electron chi connectivity index (χ3n) is 6.20. The predicted octanol–water partition coefficient (Wildman–Crippen LogP) is 3.82. The van der Waals surface area contributed by atoms with Gasteiger partial charge in [0.05, 0.1) is 17.3 Å². The fraction of sp³-hybridized carbons (Fsp3) is 0.280. The summed E-state index contributed by atoms with van der Waals surface area (Å²) in [6, 6.07) is 11.9. The van der Waals surface area contributed by atoms with E-state index in [2.05, 4.69) is 11.1 Å². The Morgan fingerprint density at radius 2 is 2.00 bits per heavy atom. The summed E-state index contributed by atoms with van der Waals surface area (Å²) in [6.45, 7) is 5.94. The van der Waals surface area contributed by atoms with Gasteiger partial charge in [-0.3, -0.25) is 9.36 Å². The Morgan fingerprint density at radius 3 is 2.67 bits per heavy atom. The highest BCUT2D eigenvalue weighted by Gasteiger charge is 2.45. The first-order valence-corrected chi connectivity index (χ1v) is 10.8. The second-order valence-electron chi connectivity index (χ2n) is 9.24. The number of aromatic nitrogens is 4. The molecule has 2 N–H and O–H groups in total. The monoisotopic (exact) mass is 440 g/mol. The van der Waals surface area contributed by atoms with E-state index in [1.807, 2.05) is 66.5 Å². The number of Topliss-reactive ketones (excluding diaryl/α,β-unsaturated/α-hetero) is 1. The number of nitrogens with zero attached hydrogens (tertiary/aromatic N) is 5. The highest BCUT2D eigenvalue weighted by molar-refractivity contribution is 6.00. The van der Waals surface area contributed by atoms with Crippen molar-refractivity contribution >= 4 is 5.78 Å². The number of imidazole rings is 1. The maximum atomic E-state index is 13.4. The van der Waals surface area contributed by atoms with Crippen LogP contribution in [0.4, 0.5) is 0 Å². The van der Waals surface area contributed by atoms with Crippen LogP contribution in [0.15, 0.2) is 71.8 Å². The van der Waals surface area contributed by atoms with E-state index in [9.17, 15) is 10.1 Å². The van der Waals surface area contributed by atoms with E-state index in [4.69, 9.17) is 15.6 Å². The van der Waals surface area contributed by atoms with Crippen LogP contribution in [0.25, 0.3) is 11.5 Å². The van der Waals surface area contributed by atoms with E-state index < -0.39 is 5.92 Å². The number of para-hydroxylation sites is 1. The Bertz CT molecular complexity index is 1350. The smallest absolute Gasteiger partial charge is 0.205 e. The first-order chi connectivity index (χ1) is 15.8. The van der Waals surface area contributed by atoms with Gasteiger partial charge in [0.2, 0.25) is 5.88 Å². The molecule has 0 bridgehead atoms. The molecule has 0 fully saturated rings. The van der Waals surface area contributed by atoms with E-state index in [0.717, 1.165) is 11.3 Å². The average molecular weight is 441 g/mol. The molecule has 33 heavy (non-hydrogen) atoms. The van der Waals surface area contributed by atoms with Crippen molar-refractivity contribution in [3.8, 4) is 17.6 Å². The molecule has 2 aliphatic rings. The van der Waals surface area contributed by atoms with Gasteiger partial charge in [0, 0.05) is 36.4 Å². The lowest BCUT2D eigenvalue weighted by atomic mass is 9.70. The number of hydrogen-bond acceptors (Lipinski definition) is 6. The largest absolute Gasteiger partial charge is 0.444 e. The van der Waals surface area contributed by atoms with E-state index in [1.54, 1.807) is 12.5 Å². The fourth-order valence-corrected chi connectivity index (χ4v) is 4.82. The molecule has 5 rings (SSSR count). The Labute approximate surface area is 191 Å². The molecule has 1 aliphatic heterocycles. The van der Waals surface area contributed by atoms with Crippen LogP contribution in [0.3, 0.4) is 0 Å². The summed E-state index contributed by atoms with van der Waals surface area (Å²) in [7, 11) is 0. The maximum Gasteiger partial charge on any atom is 0.205 e. The summed E-state index contributed by atoms with van der Waals surface area (Å²) in [5, 5.41) is 14.9. The molecule has 1 atom stereocenters. The van der Waals surface area contributed by atoms with Crippen molar-refractivity contribution in [2.24, 2.45) is 11.1 Å². The van der Waals surface area contributed by atoms with E-state index >= 15 is 0 Å². The zero-order valence-corrected chi connectivity index (χ0v) is 18.7. The molecule has 8 nitrogen and oxygen atoms in total. The third kappa shape index (κ3) is 3.33. The Morgan fingerprint density at radius 1 is 1.24 bits per heavy atom. The lowest BCUT2D eigenvalue weighted by Gasteiger charge is -2.37. The summed E-state index contributed by atoms with van der Waals surface area (Å²) in [4.78, 5) is 17.6. The number of ether oxygens (including phenoxy) is 1. The number of benzene rings is 1. The van der Waals surface area contributed by atoms with Crippen molar-refractivity contribution in [1.29, 1.82) is 5.26 Å². The van der Waals surface area contributed by atoms with Gasteiger partial charge in [0.1, 0.15) is 29.5 Å². The lowest BCUT2D eigenvalue weighted by Crippen LogP contribution is -2.34. The molecule has 0 saturated heterocycles. The molecule has 1 aliphatic carbocycles. The molecular weight excluding hydrogens is 416 g/mol. The van der Waals surface area contributed by atoms with Gasteiger partial charge in [-0.1, -0.05) is 32.0 Å². The molecule has 0 amide bonds. The fourth-order valence-electron chi connectivity index (χ4n) is 4.82. The first kappa shape index (κ1) is 20.8. The molecule has 3 aromatic rings. The number of nitriles is 1. The average Bonchev–Trinajstić information content (AvgIpc) is 3.40.